The minimum absolute atomic E-state index is 0.200. The zero-order chi connectivity index (χ0) is 14.7. The number of nitrogens with zero attached hydrogens (tertiary/aromatic N) is 2. The molecule has 0 radical (unpaired) electrons. The SMILES string of the molecule is COc1cc(OC)c(Nc2cc(C)nc(N)n2)cc1Cl. The molecule has 20 heavy (non-hydrogen) atoms. The Morgan fingerprint density at radius 3 is 2.40 bits per heavy atom. The number of hydrogen-bond donors (Lipinski definition) is 2. The van der Waals surface area contributed by atoms with Crippen molar-refractivity contribution in [1.82, 2.24) is 9.97 Å². The molecule has 1 aromatic carbocycles. The molecule has 3 N–H and O–H groups in total. The van der Waals surface area contributed by atoms with Gasteiger partial charge in [-0.05, 0) is 13.0 Å². The molecule has 0 unspecified atom stereocenters. The largest absolute Gasteiger partial charge is 0.495 e. The number of hydrogen-bond acceptors (Lipinski definition) is 6. The lowest BCUT2D eigenvalue weighted by molar-refractivity contribution is 0.396. The van der Waals surface area contributed by atoms with E-state index >= 15 is 0 Å². The van der Waals surface area contributed by atoms with Crippen molar-refractivity contribution >= 4 is 29.1 Å². The summed E-state index contributed by atoms with van der Waals surface area (Å²) in [6.07, 6.45) is 0. The summed E-state index contributed by atoms with van der Waals surface area (Å²) in [5, 5.41) is 3.57. The van der Waals surface area contributed by atoms with E-state index in [1.54, 1.807) is 32.4 Å². The summed E-state index contributed by atoms with van der Waals surface area (Å²) >= 11 is 6.11. The van der Waals surface area contributed by atoms with E-state index in [4.69, 9.17) is 26.8 Å². The van der Waals surface area contributed by atoms with Gasteiger partial charge in [-0.25, -0.2) is 4.98 Å². The van der Waals surface area contributed by atoms with Gasteiger partial charge in [0.05, 0.1) is 24.9 Å². The van der Waals surface area contributed by atoms with Gasteiger partial charge in [-0.15, -0.1) is 0 Å². The second-order valence-electron chi connectivity index (χ2n) is 4.06. The minimum atomic E-state index is 0.200. The van der Waals surface area contributed by atoms with E-state index < -0.39 is 0 Å². The number of anilines is 3. The van der Waals surface area contributed by atoms with Crippen LogP contribution >= 0.6 is 11.6 Å². The maximum atomic E-state index is 6.11. The number of nitrogen functional groups attached to an aromatic ring is 1. The Kier molecular flexibility index (Phi) is 4.14. The van der Waals surface area contributed by atoms with Crippen LogP contribution in [0, 0.1) is 6.92 Å². The molecule has 0 aliphatic rings. The molecular formula is C13H15ClN4O2. The number of aromatic nitrogens is 2. The molecule has 0 aliphatic carbocycles. The van der Waals surface area contributed by atoms with Gasteiger partial charge in [0.2, 0.25) is 5.95 Å². The standard InChI is InChI=1S/C13H15ClN4O2/c1-7-4-12(18-13(15)16-7)17-9-5-8(14)10(19-2)6-11(9)20-3/h4-6H,1-3H3,(H3,15,16,17,18). The summed E-state index contributed by atoms with van der Waals surface area (Å²) in [6, 6.07) is 5.17. The fourth-order valence-corrected chi connectivity index (χ4v) is 1.99. The number of methoxy groups -OCH3 is 2. The third kappa shape index (κ3) is 3.03. The second-order valence-corrected chi connectivity index (χ2v) is 4.47. The highest BCUT2D eigenvalue weighted by Gasteiger charge is 2.11. The number of nitrogens with one attached hydrogen (secondary N) is 1. The Bertz CT molecular complexity index is 614. The first-order valence-corrected chi connectivity index (χ1v) is 6.21. The van der Waals surface area contributed by atoms with Crippen molar-refractivity contribution in [3.8, 4) is 11.5 Å². The average Bonchev–Trinajstić information content (AvgIpc) is 2.38. The van der Waals surface area contributed by atoms with Crippen LogP contribution in [0.2, 0.25) is 5.02 Å². The van der Waals surface area contributed by atoms with Crippen LogP contribution in [0.1, 0.15) is 5.69 Å². The third-order valence-corrected chi connectivity index (χ3v) is 2.90. The van der Waals surface area contributed by atoms with Crippen molar-refractivity contribution in [2.75, 3.05) is 25.3 Å². The van der Waals surface area contributed by atoms with Gasteiger partial charge < -0.3 is 20.5 Å². The lowest BCUT2D eigenvalue weighted by atomic mass is 10.2. The Balaban J connectivity index is 2.39. The minimum Gasteiger partial charge on any atom is -0.495 e. The van der Waals surface area contributed by atoms with Gasteiger partial charge in [0.1, 0.15) is 17.3 Å². The molecule has 0 aliphatic heterocycles. The molecule has 0 saturated carbocycles. The van der Waals surface area contributed by atoms with Crippen LogP contribution in [0.5, 0.6) is 11.5 Å². The van der Waals surface area contributed by atoms with E-state index in [9.17, 15) is 0 Å². The van der Waals surface area contributed by atoms with Crippen LogP contribution in [0.3, 0.4) is 0 Å². The van der Waals surface area contributed by atoms with Crippen molar-refractivity contribution in [2.24, 2.45) is 0 Å². The molecule has 0 saturated heterocycles. The van der Waals surface area contributed by atoms with Gasteiger partial charge >= 0.3 is 0 Å². The molecule has 0 fully saturated rings. The summed E-state index contributed by atoms with van der Waals surface area (Å²) in [5.41, 5.74) is 7.04. The molecule has 2 rings (SSSR count). The van der Waals surface area contributed by atoms with Crippen molar-refractivity contribution in [3.63, 3.8) is 0 Å². The first-order valence-electron chi connectivity index (χ1n) is 5.83. The van der Waals surface area contributed by atoms with Crippen molar-refractivity contribution in [2.45, 2.75) is 6.92 Å². The van der Waals surface area contributed by atoms with E-state index in [0.717, 1.165) is 5.69 Å². The molecule has 106 valence electrons. The van der Waals surface area contributed by atoms with Crippen molar-refractivity contribution < 1.29 is 9.47 Å². The molecule has 6 nitrogen and oxygen atoms in total. The first-order chi connectivity index (χ1) is 9.53. The fourth-order valence-electron chi connectivity index (χ4n) is 1.75. The molecule has 0 spiro atoms. The summed E-state index contributed by atoms with van der Waals surface area (Å²) in [5.74, 6) is 1.88. The molecule has 7 heteroatoms. The van der Waals surface area contributed by atoms with Crippen LogP contribution in [0.15, 0.2) is 18.2 Å². The molecule has 0 amide bonds. The quantitative estimate of drug-likeness (QED) is 0.902. The van der Waals surface area contributed by atoms with Crippen molar-refractivity contribution in [3.05, 3.63) is 28.9 Å². The summed E-state index contributed by atoms with van der Waals surface area (Å²) in [4.78, 5) is 8.12. The molecule has 1 heterocycles. The number of halogens is 1. The predicted octanol–water partition coefficient (Wildman–Crippen LogP) is 2.78. The highest BCUT2D eigenvalue weighted by Crippen LogP contribution is 2.37. The maximum Gasteiger partial charge on any atom is 0.222 e. The third-order valence-electron chi connectivity index (χ3n) is 2.61. The zero-order valence-electron chi connectivity index (χ0n) is 11.4. The Morgan fingerprint density at radius 2 is 1.80 bits per heavy atom. The first kappa shape index (κ1) is 14.2. The molecule has 1 aromatic heterocycles. The van der Waals surface area contributed by atoms with E-state index in [1.807, 2.05) is 6.92 Å². The van der Waals surface area contributed by atoms with Gasteiger partial charge in [0, 0.05) is 17.8 Å². The lowest BCUT2D eigenvalue weighted by Crippen LogP contribution is -2.02. The number of rotatable bonds is 4. The highest BCUT2D eigenvalue weighted by molar-refractivity contribution is 6.32. The van der Waals surface area contributed by atoms with Crippen molar-refractivity contribution in [1.29, 1.82) is 0 Å². The number of aryl methyl sites for hydroxylation is 1. The zero-order valence-corrected chi connectivity index (χ0v) is 12.2. The van der Waals surface area contributed by atoms with Gasteiger partial charge in [-0.1, -0.05) is 11.6 Å². The summed E-state index contributed by atoms with van der Waals surface area (Å²) < 4.78 is 10.4. The molecule has 0 bridgehead atoms. The van der Waals surface area contributed by atoms with Crippen LogP contribution in [-0.2, 0) is 0 Å². The Morgan fingerprint density at radius 1 is 1.10 bits per heavy atom. The highest BCUT2D eigenvalue weighted by atomic mass is 35.5. The lowest BCUT2D eigenvalue weighted by Gasteiger charge is -2.13. The number of nitrogens with two attached hydrogens (primary N) is 1. The number of benzene rings is 1. The van der Waals surface area contributed by atoms with Crippen LogP contribution in [-0.4, -0.2) is 24.2 Å². The topological polar surface area (TPSA) is 82.3 Å². The van der Waals surface area contributed by atoms with Gasteiger partial charge in [0.15, 0.2) is 0 Å². The predicted molar refractivity (Wildman–Crippen MR) is 79.0 cm³/mol. The second kappa shape index (κ2) is 5.83. The van der Waals surface area contributed by atoms with E-state index in [1.165, 1.54) is 0 Å². The van der Waals surface area contributed by atoms with Gasteiger partial charge in [-0.2, -0.15) is 4.98 Å². The molecule has 2 aromatic rings. The Hall–Kier alpha value is -2.21. The normalized spacial score (nSPS) is 10.2. The summed E-state index contributed by atoms with van der Waals surface area (Å²) in [7, 11) is 3.11. The fraction of sp³-hybridized carbons (Fsp3) is 0.231. The summed E-state index contributed by atoms with van der Waals surface area (Å²) in [6.45, 7) is 1.83. The Labute approximate surface area is 121 Å². The molecular weight excluding hydrogens is 280 g/mol. The van der Waals surface area contributed by atoms with Gasteiger partial charge in [0.25, 0.3) is 0 Å². The monoisotopic (exact) mass is 294 g/mol. The smallest absolute Gasteiger partial charge is 0.222 e. The number of ether oxygens (including phenoxy) is 2. The van der Waals surface area contributed by atoms with Crippen LogP contribution in [0.25, 0.3) is 0 Å². The van der Waals surface area contributed by atoms with E-state index in [0.29, 0.717) is 28.0 Å². The van der Waals surface area contributed by atoms with E-state index in [2.05, 4.69) is 15.3 Å². The van der Waals surface area contributed by atoms with Gasteiger partial charge in [-0.3, -0.25) is 0 Å². The van der Waals surface area contributed by atoms with Crippen LogP contribution in [0.4, 0.5) is 17.5 Å². The van der Waals surface area contributed by atoms with Crippen LogP contribution < -0.4 is 20.5 Å². The maximum absolute atomic E-state index is 6.11. The molecule has 0 atom stereocenters. The average molecular weight is 295 g/mol. The van der Waals surface area contributed by atoms with E-state index in [-0.39, 0.29) is 5.95 Å².